The van der Waals surface area contributed by atoms with E-state index in [4.69, 9.17) is 5.11 Å². The molecule has 0 bridgehead atoms. The first-order chi connectivity index (χ1) is 9.95. The van der Waals surface area contributed by atoms with Crippen molar-refractivity contribution < 1.29 is 14.7 Å². The molecule has 5 nitrogen and oxygen atoms in total. The second-order valence-corrected chi connectivity index (χ2v) is 5.30. The van der Waals surface area contributed by atoms with Gasteiger partial charge in [0.1, 0.15) is 0 Å². The van der Waals surface area contributed by atoms with Crippen LogP contribution in [-0.4, -0.2) is 47.6 Å². The zero-order chi connectivity index (χ0) is 15.8. The zero-order valence-corrected chi connectivity index (χ0v) is 13.0. The van der Waals surface area contributed by atoms with Crippen LogP contribution in [-0.2, 0) is 9.59 Å². The number of hydrogen-bond acceptors (Lipinski definition) is 3. The Balaban J connectivity index is 2.83. The van der Waals surface area contributed by atoms with Gasteiger partial charge in [0.15, 0.2) is 0 Å². The SMILES string of the molecule is CCCN(CC(=O)O)CC(=O)N(c1ccccc1)C(C)C. The Morgan fingerprint density at radius 1 is 1.14 bits per heavy atom. The number of hydrogen-bond donors (Lipinski definition) is 1. The second-order valence-electron chi connectivity index (χ2n) is 5.30. The van der Waals surface area contributed by atoms with Crippen molar-refractivity contribution in [3.05, 3.63) is 30.3 Å². The average Bonchev–Trinajstić information content (AvgIpc) is 2.39. The molecule has 21 heavy (non-hydrogen) atoms. The standard InChI is InChI=1S/C16H24N2O3/c1-4-10-17(12-16(20)21)11-15(19)18(13(2)3)14-8-6-5-7-9-14/h5-9,13H,4,10-12H2,1-3H3,(H,20,21). The van der Waals surface area contributed by atoms with Crippen molar-refractivity contribution in [2.24, 2.45) is 0 Å². The Bertz CT molecular complexity index is 460. The first-order valence-corrected chi connectivity index (χ1v) is 7.27. The molecule has 1 aromatic rings. The molecule has 0 heterocycles. The van der Waals surface area contributed by atoms with Gasteiger partial charge in [0.2, 0.25) is 5.91 Å². The van der Waals surface area contributed by atoms with E-state index in [1.54, 1.807) is 9.80 Å². The highest BCUT2D eigenvalue weighted by molar-refractivity contribution is 5.95. The molecule has 0 unspecified atom stereocenters. The number of nitrogens with zero attached hydrogens (tertiary/aromatic N) is 2. The lowest BCUT2D eigenvalue weighted by Gasteiger charge is -2.29. The summed E-state index contributed by atoms with van der Waals surface area (Å²) >= 11 is 0. The van der Waals surface area contributed by atoms with Crippen molar-refractivity contribution in [3.63, 3.8) is 0 Å². The van der Waals surface area contributed by atoms with E-state index in [0.29, 0.717) is 6.54 Å². The Morgan fingerprint density at radius 3 is 2.24 bits per heavy atom. The largest absolute Gasteiger partial charge is 0.480 e. The molecule has 1 aromatic carbocycles. The highest BCUT2D eigenvalue weighted by atomic mass is 16.4. The number of carboxylic acid groups (broad SMARTS) is 1. The number of carbonyl (C=O) groups is 2. The van der Waals surface area contributed by atoms with E-state index in [1.807, 2.05) is 51.1 Å². The summed E-state index contributed by atoms with van der Waals surface area (Å²) in [4.78, 5) is 26.8. The summed E-state index contributed by atoms with van der Waals surface area (Å²) in [5.74, 6) is -0.988. The minimum atomic E-state index is -0.910. The van der Waals surface area contributed by atoms with Gasteiger partial charge in [-0.2, -0.15) is 0 Å². The molecule has 0 spiro atoms. The average molecular weight is 292 g/mol. The molecule has 0 atom stereocenters. The predicted octanol–water partition coefficient (Wildman–Crippen LogP) is 2.22. The fourth-order valence-corrected chi connectivity index (χ4v) is 2.31. The van der Waals surface area contributed by atoms with Gasteiger partial charge in [0.25, 0.3) is 0 Å². The van der Waals surface area contributed by atoms with E-state index in [-0.39, 0.29) is 25.0 Å². The molecule has 0 aliphatic heterocycles. The van der Waals surface area contributed by atoms with Gasteiger partial charge in [-0.1, -0.05) is 25.1 Å². The Labute approximate surface area is 126 Å². The van der Waals surface area contributed by atoms with Crippen LogP contribution in [0.2, 0.25) is 0 Å². The molecular weight excluding hydrogens is 268 g/mol. The maximum Gasteiger partial charge on any atom is 0.317 e. The number of para-hydroxylation sites is 1. The molecule has 0 saturated heterocycles. The molecule has 116 valence electrons. The lowest BCUT2D eigenvalue weighted by atomic mass is 10.2. The molecule has 1 rings (SSSR count). The smallest absolute Gasteiger partial charge is 0.317 e. The van der Waals surface area contributed by atoms with Crippen LogP contribution in [0, 0.1) is 0 Å². The van der Waals surface area contributed by atoms with E-state index >= 15 is 0 Å². The van der Waals surface area contributed by atoms with Crippen LogP contribution in [0.3, 0.4) is 0 Å². The van der Waals surface area contributed by atoms with Gasteiger partial charge in [0.05, 0.1) is 13.1 Å². The monoisotopic (exact) mass is 292 g/mol. The van der Waals surface area contributed by atoms with Gasteiger partial charge in [-0.15, -0.1) is 0 Å². The second kappa shape index (κ2) is 8.42. The summed E-state index contributed by atoms with van der Waals surface area (Å²) in [6, 6.07) is 9.48. The zero-order valence-electron chi connectivity index (χ0n) is 13.0. The molecule has 0 aromatic heterocycles. The third-order valence-electron chi connectivity index (χ3n) is 3.08. The van der Waals surface area contributed by atoms with E-state index in [2.05, 4.69) is 0 Å². The maximum absolute atomic E-state index is 12.5. The van der Waals surface area contributed by atoms with E-state index in [9.17, 15) is 9.59 Å². The molecular formula is C16H24N2O3. The van der Waals surface area contributed by atoms with Crippen LogP contribution in [0.15, 0.2) is 30.3 Å². The molecule has 0 saturated carbocycles. The molecule has 0 radical (unpaired) electrons. The van der Waals surface area contributed by atoms with E-state index < -0.39 is 5.97 Å². The van der Waals surface area contributed by atoms with Crippen molar-refractivity contribution >= 4 is 17.6 Å². The maximum atomic E-state index is 12.5. The summed E-state index contributed by atoms with van der Waals surface area (Å²) in [6.07, 6.45) is 0.813. The Hall–Kier alpha value is -1.88. The molecule has 0 aliphatic rings. The van der Waals surface area contributed by atoms with Gasteiger partial charge in [-0.25, -0.2) is 0 Å². The molecule has 0 fully saturated rings. The number of benzene rings is 1. The first kappa shape index (κ1) is 17.2. The van der Waals surface area contributed by atoms with Gasteiger partial charge in [-0.3, -0.25) is 14.5 Å². The minimum absolute atomic E-state index is 0.0215. The summed E-state index contributed by atoms with van der Waals surface area (Å²) in [6.45, 7) is 6.47. The number of carbonyl (C=O) groups excluding carboxylic acids is 1. The van der Waals surface area contributed by atoms with Gasteiger partial charge >= 0.3 is 5.97 Å². The van der Waals surface area contributed by atoms with E-state index in [0.717, 1.165) is 12.1 Å². The fraction of sp³-hybridized carbons (Fsp3) is 0.500. The summed E-state index contributed by atoms with van der Waals surface area (Å²) in [5, 5.41) is 8.92. The predicted molar refractivity (Wildman–Crippen MR) is 83.4 cm³/mol. The van der Waals surface area contributed by atoms with Crippen LogP contribution in [0.25, 0.3) is 0 Å². The number of rotatable bonds is 8. The summed E-state index contributed by atoms with van der Waals surface area (Å²) in [5.41, 5.74) is 0.837. The van der Waals surface area contributed by atoms with Crippen LogP contribution >= 0.6 is 0 Å². The van der Waals surface area contributed by atoms with Crippen molar-refractivity contribution in [1.29, 1.82) is 0 Å². The highest BCUT2D eigenvalue weighted by Gasteiger charge is 2.22. The van der Waals surface area contributed by atoms with Crippen LogP contribution in [0.4, 0.5) is 5.69 Å². The quantitative estimate of drug-likeness (QED) is 0.798. The number of carboxylic acids is 1. The highest BCUT2D eigenvalue weighted by Crippen LogP contribution is 2.17. The van der Waals surface area contributed by atoms with Gasteiger partial charge < -0.3 is 10.0 Å². The van der Waals surface area contributed by atoms with Crippen LogP contribution in [0.1, 0.15) is 27.2 Å². The Kier molecular flexibility index (Phi) is 6.88. The lowest BCUT2D eigenvalue weighted by Crippen LogP contribution is -2.45. The number of amides is 1. The van der Waals surface area contributed by atoms with Crippen molar-refractivity contribution in [1.82, 2.24) is 4.90 Å². The number of aliphatic carboxylic acids is 1. The molecule has 0 aliphatic carbocycles. The van der Waals surface area contributed by atoms with Gasteiger partial charge in [-0.05, 0) is 38.9 Å². The number of anilines is 1. The van der Waals surface area contributed by atoms with E-state index in [1.165, 1.54) is 0 Å². The Morgan fingerprint density at radius 2 is 1.76 bits per heavy atom. The topological polar surface area (TPSA) is 60.9 Å². The summed E-state index contributed by atoms with van der Waals surface area (Å²) < 4.78 is 0. The first-order valence-electron chi connectivity index (χ1n) is 7.27. The lowest BCUT2D eigenvalue weighted by molar-refractivity contribution is -0.138. The molecule has 5 heteroatoms. The van der Waals surface area contributed by atoms with Crippen molar-refractivity contribution in [3.8, 4) is 0 Å². The van der Waals surface area contributed by atoms with Crippen molar-refractivity contribution in [2.75, 3.05) is 24.5 Å². The third kappa shape index (κ3) is 5.55. The van der Waals surface area contributed by atoms with Crippen LogP contribution < -0.4 is 4.90 Å². The fourth-order valence-electron chi connectivity index (χ4n) is 2.31. The molecule has 1 N–H and O–H groups in total. The van der Waals surface area contributed by atoms with Crippen LogP contribution in [0.5, 0.6) is 0 Å². The third-order valence-corrected chi connectivity index (χ3v) is 3.08. The minimum Gasteiger partial charge on any atom is -0.480 e. The summed E-state index contributed by atoms with van der Waals surface area (Å²) in [7, 11) is 0. The normalized spacial score (nSPS) is 10.9. The van der Waals surface area contributed by atoms with Crippen molar-refractivity contribution in [2.45, 2.75) is 33.2 Å². The molecule has 1 amide bonds. The van der Waals surface area contributed by atoms with Gasteiger partial charge in [0, 0.05) is 11.7 Å².